The first kappa shape index (κ1) is 19.0. The summed E-state index contributed by atoms with van der Waals surface area (Å²) in [5.41, 5.74) is 1.80. The van der Waals surface area contributed by atoms with Crippen molar-refractivity contribution in [2.75, 3.05) is 7.11 Å². The molecule has 1 heterocycles. The van der Waals surface area contributed by atoms with E-state index in [1.165, 1.54) is 19.2 Å². The van der Waals surface area contributed by atoms with Gasteiger partial charge in [0.25, 0.3) is 0 Å². The van der Waals surface area contributed by atoms with E-state index in [1.807, 2.05) is 30.3 Å². The Morgan fingerprint density at radius 3 is 2.45 bits per heavy atom. The third-order valence-electron chi connectivity index (χ3n) is 4.57. The fourth-order valence-corrected chi connectivity index (χ4v) is 3.37. The van der Waals surface area contributed by atoms with Crippen molar-refractivity contribution in [3.63, 3.8) is 0 Å². The minimum Gasteiger partial charge on any atom is -0.464 e. The molecule has 6 heteroatoms. The standard InChI is InChI=1S/C23H17ClFNO3/c1-28-23(27)21-22(29-18-5-3-2-4-6-18)19-13-17(25)11-12-20(19)26(21)14-15-7-9-16(24)10-8-15/h2-13H,14H2,1H3. The van der Waals surface area contributed by atoms with Crippen LogP contribution in [0, 0.1) is 5.82 Å². The highest BCUT2D eigenvalue weighted by molar-refractivity contribution is 6.30. The third-order valence-corrected chi connectivity index (χ3v) is 4.83. The second-order valence-electron chi connectivity index (χ2n) is 6.46. The van der Waals surface area contributed by atoms with Crippen LogP contribution in [0.25, 0.3) is 10.9 Å². The molecule has 29 heavy (non-hydrogen) atoms. The van der Waals surface area contributed by atoms with Crippen molar-refractivity contribution in [1.82, 2.24) is 4.57 Å². The number of methoxy groups -OCH3 is 1. The van der Waals surface area contributed by atoms with E-state index in [0.717, 1.165) is 5.56 Å². The molecule has 0 aliphatic heterocycles. The molecule has 1 aromatic heterocycles. The van der Waals surface area contributed by atoms with Gasteiger partial charge in [-0.05, 0) is 48.0 Å². The SMILES string of the molecule is COC(=O)c1c(Oc2ccccc2)c2cc(F)ccc2n1Cc1ccc(Cl)cc1. The predicted molar refractivity (Wildman–Crippen MR) is 110 cm³/mol. The number of ether oxygens (including phenoxy) is 2. The average Bonchev–Trinajstić information content (AvgIpc) is 3.02. The molecule has 0 spiro atoms. The molecule has 4 rings (SSSR count). The number of benzene rings is 3. The van der Waals surface area contributed by atoms with Crippen molar-refractivity contribution >= 4 is 28.5 Å². The molecule has 0 atom stereocenters. The van der Waals surface area contributed by atoms with Gasteiger partial charge >= 0.3 is 5.97 Å². The number of carbonyl (C=O) groups is 1. The molecule has 146 valence electrons. The van der Waals surface area contributed by atoms with Crippen molar-refractivity contribution in [2.45, 2.75) is 6.54 Å². The predicted octanol–water partition coefficient (Wildman–Crippen LogP) is 6.06. The molecule has 0 fully saturated rings. The molecule has 3 aromatic carbocycles. The van der Waals surface area contributed by atoms with Gasteiger partial charge in [-0.25, -0.2) is 9.18 Å². The second kappa shape index (κ2) is 7.97. The van der Waals surface area contributed by atoms with Crippen LogP contribution in [-0.4, -0.2) is 17.6 Å². The molecule has 0 aliphatic rings. The number of rotatable bonds is 5. The number of hydrogen-bond donors (Lipinski definition) is 0. The number of fused-ring (bicyclic) bond motifs is 1. The molecule has 0 N–H and O–H groups in total. The Bertz CT molecular complexity index is 1170. The van der Waals surface area contributed by atoms with Crippen molar-refractivity contribution in [3.05, 3.63) is 94.9 Å². The van der Waals surface area contributed by atoms with Gasteiger partial charge in [-0.15, -0.1) is 0 Å². The molecule has 0 saturated carbocycles. The molecular weight excluding hydrogens is 393 g/mol. The number of hydrogen-bond acceptors (Lipinski definition) is 3. The summed E-state index contributed by atoms with van der Waals surface area (Å²) < 4.78 is 26.9. The monoisotopic (exact) mass is 409 g/mol. The van der Waals surface area contributed by atoms with Gasteiger partial charge in [0.15, 0.2) is 11.4 Å². The summed E-state index contributed by atoms with van der Waals surface area (Å²) in [5, 5.41) is 1.11. The Morgan fingerprint density at radius 2 is 1.76 bits per heavy atom. The molecule has 0 unspecified atom stereocenters. The van der Waals surface area contributed by atoms with Gasteiger partial charge in [0.05, 0.1) is 12.6 Å². The van der Waals surface area contributed by atoms with E-state index in [9.17, 15) is 9.18 Å². The number of para-hydroxylation sites is 1. The third kappa shape index (κ3) is 3.82. The lowest BCUT2D eigenvalue weighted by atomic mass is 10.2. The zero-order valence-electron chi connectivity index (χ0n) is 15.6. The summed E-state index contributed by atoms with van der Waals surface area (Å²) in [6.07, 6.45) is 0. The Labute approximate surface area is 172 Å². The van der Waals surface area contributed by atoms with Crippen LogP contribution in [0.1, 0.15) is 16.1 Å². The highest BCUT2D eigenvalue weighted by Gasteiger charge is 2.26. The van der Waals surface area contributed by atoms with E-state index in [-0.39, 0.29) is 11.4 Å². The second-order valence-corrected chi connectivity index (χ2v) is 6.89. The van der Waals surface area contributed by atoms with Gasteiger partial charge in [0.2, 0.25) is 0 Å². The minimum atomic E-state index is -0.568. The van der Waals surface area contributed by atoms with Crippen LogP contribution in [0.4, 0.5) is 4.39 Å². The van der Waals surface area contributed by atoms with Crippen molar-refractivity contribution in [1.29, 1.82) is 0 Å². The molecule has 0 aliphatic carbocycles. The van der Waals surface area contributed by atoms with Crippen LogP contribution >= 0.6 is 11.6 Å². The first-order valence-corrected chi connectivity index (χ1v) is 9.32. The maximum absolute atomic E-state index is 14.1. The summed E-state index contributed by atoms with van der Waals surface area (Å²) in [5.74, 6) is -0.198. The highest BCUT2D eigenvalue weighted by Crippen LogP contribution is 2.38. The van der Waals surface area contributed by atoms with Crippen molar-refractivity contribution in [3.8, 4) is 11.5 Å². The van der Waals surface area contributed by atoms with Crippen molar-refractivity contribution in [2.24, 2.45) is 0 Å². The Morgan fingerprint density at radius 1 is 1.03 bits per heavy atom. The van der Waals surface area contributed by atoms with E-state index >= 15 is 0 Å². The lowest BCUT2D eigenvalue weighted by Crippen LogP contribution is -2.12. The lowest BCUT2D eigenvalue weighted by molar-refractivity contribution is 0.0586. The molecule has 0 amide bonds. The van der Waals surface area contributed by atoms with Gasteiger partial charge < -0.3 is 14.0 Å². The van der Waals surface area contributed by atoms with Crippen LogP contribution in [0.15, 0.2) is 72.8 Å². The normalized spacial score (nSPS) is 10.9. The molecule has 0 bridgehead atoms. The van der Waals surface area contributed by atoms with Gasteiger partial charge in [-0.3, -0.25) is 0 Å². The molecule has 0 radical (unpaired) electrons. The summed E-state index contributed by atoms with van der Waals surface area (Å²) >= 11 is 5.98. The highest BCUT2D eigenvalue weighted by atomic mass is 35.5. The van der Waals surface area contributed by atoms with Crippen LogP contribution in [-0.2, 0) is 11.3 Å². The summed E-state index contributed by atoms with van der Waals surface area (Å²) in [4.78, 5) is 12.7. The molecule has 0 saturated heterocycles. The fourth-order valence-electron chi connectivity index (χ4n) is 3.24. The fraction of sp³-hybridized carbons (Fsp3) is 0.0870. The molecule has 4 aromatic rings. The van der Waals surface area contributed by atoms with Gasteiger partial charge in [-0.2, -0.15) is 0 Å². The summed E-state index contributed by atoms with van der Waals surface area (Å²) in [6.45, 7) is 0.363. The first-order valence-electron chi connectivity index (χ1n) is 8.94. The van der Waals surface area contributed by atoms with Gasteiger partial charge in [0, 0.05) is 17.0 Å². The summed E-state index contributed by atoms with van der Waals surface area (Å²) in [6, 6.07) is 20.7. The number of aromatic nitrogens is 1. The zero-order chi connectivity index (χ0) is 20.4. The Kier molecular flexibility index (Phi) is 5.23. The summed E-state index contributed by atoms with van der Waals surface area (Å²) in [7, 11) is 1.31. The number of halogens is 2. The Hall–Kier alpha value is -3.31. The van der Waals surface area contributed by atoms with Crippen LogP contribution < -0.4 is 4.74 Å². The quantitative estimate of drug-likeness (QED) is 0.376. The van der Waals surface area contributed by atoms with Crippen molar-refractivity contribution < 1.29 is 18.7 Å². The van der Waals surface area contributed by atoms with Gasteiger partial charge in [0.1, 0.15) is 11.6 Å². The van der Waals surface area contributed by atoms with Crippen LogP contribution in [0.3, 0.4) is 0 Å². The van der Waals surface area contributed by atoms with E-state index in [2.05, 4.69) is 0 Å². The molecular formula is C23H17ClFNO3. The Balaban J connectivity index is 1.93. The largest absolute Gasteiger partial charge is 0.464 e. The van der Waals surface area contributed by atoms with E-state index < -0.39 is 11.8 Å². The maximum Gasteiger partial charge on any atom is 0.358 e. The number of carbonyl (C=O) groups excluding carboxylic acids is 1. The van der Waals surface area contributed by atoms with Crippen LogP contribution in [0.2, 0.25) is 5.02 Å². The van der Waals surface area contributed by atoms with Gasteiger partial charge in [-0.1, -0.05) is 41.9 Å². The number of esters is 1. The average molecular weight is 410 g/mol. The minimum absolute atomic E-state index is 0.215. The van der Waals surface area contributed by atoms with E-state index in [1.54, 1.807) is 34.9 Å². The molecule has 4 nitrogen and oxygen atoms in total. The van der Waals surface area contributed by atoms with Crippen LogP contribution in [0.5, 0.6) is 11.5 Å². The lowest BCUT2D eigenvalue weighted by Gasteiger charge is -2.11. The topological polar surface area (TPSA) is 40.5 Å². The first-order chi connectivity index (χ1) is 14.1. The maximum atomic E-state index is 14.1. The van der Waals surface area contributed by atoms with E-state index in [0.29, 0.717) is 28.2 Å². The van der Waals surface area contributed by atoms with E-state index in [4.69, 9.17) is 21.1 Å². The smallest absolute Gasteiger partial charge is 0.358 e. The number of nitrogens with zero attached hydrogens (tertiary/aromatic N) is 1. The zero-order valence-corrected chi connectivity index (χ0v) is 16.3.